The first kappa shape index (κ1) is 14.0. The maximum absolute atomic E-state index is 5.76. The first-order valence-corrected chi connectivity index (χ1v) is 6.57. The number of hydrogen-bond acceptors (Lipinski definition) is 2. The van der Waals surface area contributed by atoms with Crippen LogP contribution < -0.4 is 10.1 Å². The summed E-state index contributed by atoms with van der Waals surface area (Å²) in [5.74, 6) is 2.09. The van der Waals surface area contributed by atoms with Gasteiger partial charge in [-0.15, -0.1) is 0 Å². The van der Waals surface area contributed by atoms with Gasteiger partial charge in [0.25, 0.3) is 0 Å². The van der Waals surface area contributed by atoms with Crippen molar-refractivity contribution in [1.29, 1.82) is 0 Å². The number of benzene rings is 1. The molecule has 0 spiro atoms. The van der Waals surface area contributed by atoms with Crippen molar-refractivity contribution in [2.24, 2.45) is 5.92 Å². The van der Waals surface area contributed by atoms with Crippen LogP contribution >= 0.6 is 0 Å². The zero-order chi connectivity index (χ0) is 12.7. The average molecular weight is 235 g/mol. The van der Waals surface area contributed by atoms with Gasteiger partial charge in [0.2, 0.25) is 0 Å². The quantitative estimate of drug-likeness (QED) is 0.781. The second kappa shape index (κ2) is 7.33. The van der Waals surface area contributed by atoms with Gasteiger partial charge in [0.05, 0.1) is 6.61 Å². The third-order valence-corrected chi connectivity index (χ3v) is 2.82. The lowest BCUT2D eigenvalue weighted by Gasteiger charge is -2.14. The van der Waals surface area contributed by atoms with Crippen molar-refractivity contribution in [3.8, 4) is 5.75 Å². The normalized spacial score (nSPS) is 12.8. The lowest BCUT2D eigenvalue weighted by Crippen LogP contribution is -2.24. The van der Waals surface area contributed by atoms with E-state index in [-0.39, 0.29) is 0 Å². The zero-order valence-electron chi connectivity index (χ0n) is 11.5. The third-order valence-electron chi connectivity index (χ3n) is 2.82. The molecule has 0 aliphatic carbocycles. The molecular formula is C15H25NO. The molecule has 17 heavy (non-hydrogen) atoms. The van der Waals surface area contributed by atoms with E-state index in [0.717, 1.165) is 25.4 Å². The van der Waals surface area contributed by atoms with E-state index in [1.165, 1.54) is 5.56 Å². The summed E-state index contributed by atoms with van der Waals surface area (Å²) in [5.41, 5.74) is 1.36. The van der Waals surface area contributed by atoms with Crippen molar-refractivity contribution in [3.05, 3.63) is 29.8 Å². The Morgan fingerprint density at radius 3 is 2.29 bits per heavy atom. The molecule has 96 valence electrons. The predicted octanol–water partition coefficient (Wildman–Crippen LogP) is 3.43. The van der Waals surface area contributed by atoms with E-state index in [4.69, 9.17) is 4.74 Å². The molecule has 0 saturated carbocycles. The van der Waals surface area contributed by atoms with E-state index in [1.807, 2.05) is 0 Å². The van der Waals surface area contributed by atoms with E-state index in [1.54, 1.807) is 0 Å². The van der Waals surface area contributed by atoms with E-state index in [0.29, 0.717) is 11.8 Å². The Labute approximate surface area is 105 Å². The van der Waals surface area contributed by atoms with Crippen molar-refractivity contribution >= 4 is 0 Å². The SMILES string of the molecule is CCNCC(C)COc1ccc(C(C)C)cc1. The van der Waals surface area contributed by atoms with Gasteiger partial charge in [-0.3, -0.25) is 0 Å². The molecule has 1 unspecified atom stereocenters. The molecule has 2 nitrogen and oxygen atoms in total. The summed E-state index contributed by atoms with van der Waals surface area (Å²) in [6.07, 6.45) is 0. The van der Waals surface area contributed by atoms with Gasteiger partial charge in [-0.2, -0.15) is 0 Å². The highest BCUT2D eigenvalue weighted by Crippen LogP contribution is 2.18. The van der Waals surface area contributed by atoms with Crippen LogP contribution in [0.2, 0.25) is 0 Å². The smallest absolute Gasteiger partial charge is 0.119 e. The highest BCUT2D eigenvalue weighted by atomic mass is 16.5. The van der Waals surface area contributed by atoms with Crippen LogP contribution in [0.25, 0.3) is 0 Å². The number of rotatable bonds is 7. The van der Waals surface area contributed by atoms with E-state index in [9.17, 15) is 0 Å². The first-order chi connectivity index (χ1) is 8.13. The number of hydrogen-bond donors (Lipinski definition) is 1. The molecule has 0 heterocycles. The summed E-state index contributed by atoms with van der Waals surface area (Å²) >= 11 is 0. The predicted molar refractivity (Wildman–Crippen MR) is 73.7 cm³/mol. The second-order valence-corrected chi connectivity index (χ2v) is 4.95. The Balaban J connectivity index is 2.36. The summed E-state index contributed by atoms with van der Waals surface area (Å²) in [6.45, 7) is 11.5. The van der Waals surface area contributed by atoms with E-state index >= 15 is 0 Å². The van der Waals surface area contributed by atoms with Crippen LogP contribution in [0.1, 0.15) is 39.2 Å². The topological polar surface area (TPSA) is 21.3 Å². The van der Waals surface area contributed by atoms with Gasteiger partial charge in [-0.25, -0.2) is 0 Å². The summed E-state index contributed by atoms with van der Waals surface area (Å²) in [5, 5.41) is 3.33. The fourth-order valence-electron chi connectivity index (χ4n) is 1.64. The molecule has 1 aromatic carbocycles. The molecule has 0 bridgehead atoms. The minimum atomic E-state index is 0.541. The Morgan fingerprint density at radius 2 is 1.76 bits per heavy atom. The summed E-state index contributed by atoms with van der Waals surface area (Å²) in [6, 6.07) is 8.43. The molecule has 0 aliphatic rings. The maximum atomic E-state index is 5.76. The number of nitrogens with one attached hydrogen (secondary N) is 1. The first-order valence-electron chi connectivity index (χ1n) is 6.57. The zero-order valence-corrected chi connectivity index (χ0v) is 11.5. The van der Waals surface area contributed by atoms with Gasteiger partial charge < -0.3 is 10.1 Å². The highest BCUT2D eigenvalue weighted by Gasteiger charge is 2.03. The van der Waals surface area contributed by atoms with Crippen LogP contribution in [0, 0.1) is 5.92 Å². The largest absolute Gasteiger partial charge is 0.493 e. The molecule has 0 amide bonds. The monoisotopic (exact) mass is 235 g/mol. The molecule has 0 saturated heterocycles. The molecule has 1 atom stereocenters. The Kier molecular flexibility index (Phi) is 6.06. The molecule has 0 aromatic heterocycles. The molecule has 1 rings (SSSR count). The van der Waals surface area contributed by atoms with Gasteiger partial charge in [0.1, 0.15) is 5.75 Å². The minimum absolute atomic E-state index is 0.541. The standard InChI is InChI=1S/C15H25NO/c1-5-16-10-13(4)11-17-15-8-6-14(7-9-15)12(2)3/h6-9,12-13,16H,5,10-11H2,1-4H3. The summed E-state index contributed by atoms with van der Waals surface area (Å²) < 4.78 is 5.76. The molecule has 0 aliphatic heterocycles. The number of ether oxygens (including phenoxy) is 1. The van der Waals surface area contributed by atoms with E-state index < -0.39 is 0 Å². The maximum Gasteiger partial charge on any atom is 0.119 e. The second-order valence-electron chi connectivity index (χ2n) is 4.95. The van der Waals surface area contributed by atoms with Crippen LogP contribution in [0.15, 0.2) is 24.3 Å². The molecule has 0 radical (unpaired) electrons. The molecular weight excluding hydrogens is 210 g/mol. The van der Waals surface area contributed by atoms with Crippen molar-refractivity contribution < 1.29 is 4.74 Å². The lowest BCUT2D eigenvalue weighted by atomic mass is 10.0. The van der Waals surface area contributed by atoms with Crippen LogP contribution in [0.4, 0.5) is 0 Å². The lowest BCUT2D eigenvalue weighted by molar-refractivity contribution is 0.256. The van der Waals surface area contributed by atoms with Crippen LogP contribution in [-0.4, -0.2) is 19.7 Å². The van der Waals surface area contributed by atoms with Gasteiger partial charge >= 0.3 is 0 Å². The fourth-order valence-corrected chi connectivity index (χ4v) is 1.64. The van der Waals surface area contributed by atoms with Crippen LogP contribution in [0.3, 0.4) is 0 Å². The summed E-state index contributed by atoms with van der Waals surface area (Å²) in [7, 11) is 0. The van der Waals surface area contributed by atoms with Crippen LogP contribution in [0.5, 0.6) is 5.75 Å². The average Bonchev–Trinajstić information content (AvgIpc) is 2.34. The van der Waals surface area contributed by atoms with E-state index in [2.05, 4.69) is 57.3 Å². The van der Waals surface area contributed by atoms with Crippen molar-refractivity contribution in [2.75, 3.05) is 19.7 Å². The van der Waals surface area contributed by atoms with Crippen LogP contribution in [-0.2, 0) is 0 Å². The molecule has 1 N–H and O–H groups in total. The van der Waals surface area contributed by atoms with Gasteiger partial charge in [-0.05, 0) is 30.2 Å². The molecule has 2 heteroatoms. The Bertz CT molecular complexity index is 305. The molecule has 0 fully saturated rings. The van der Waals surface area contributed by atoms with Crippen molar-refractivity contribution in [1.82, 2.24) is 5.32 Å². The van der Waals surface area contributed by atoms with Crippen molar-refractivity contribution in [2.45, 2.75) is 33.6 Å². The highest BCUT2D eigenvalue weighted by molar-refractivity contribution is 5.28. The third kappa shape index (κ3) is 5.22. The Hall–Kier alpha value is -1.02. The summed E-state index contributed by atoms with van der Waals surface area (Å²) in [4.78, 5) is 0. The fraction of sp³-hybridized carbons (Fsp3) is 0.600. The van der Waals surface area contributed by atoms with Gasteiger partial charge in [0.15, 0.2) is 0 Å². The molecule has 1 aromatic rings. The van der Waals surface area contributed by atoms with Crippen molar-refractivity contribution in [3.63, 3.8) is 0 Å². The minimum Gasteiger partial charge on any atom is -0.493 e. The van der Waals surface area contributed by atoms with Gasteiger partial charge in [-0.1, -0.05) is 39.8 Å². The van der Waals surface area contributed by atoms with Gasteiger partial charge in [0, 0.05) is 12.5 Å². The Morgan fingerprint density at radius 1 is 1.12 bits per heavy atom.